The predicted molar refractivity (Wildman–Crippen MR) is 117 cm³/mol. The standard InChI is InChI=1S/C26H20O4/c27-25(28)23-10-4-9-22(24(23)26(29)30)18-8-3-7-17-20-12-11-15-5-1-2-6-16(15)19(20)13-14-21(17)18/h1-2,4-6,9-14,18H,3,7-8H2,(H,27,28)(H,29,30). The fourth-order valence-corrected chi connectivity index (χ4v) is 5.01. The van der Waals surface area contributed by atoms with E-state index in [1.165, 1.54) is 33.2 Å². The number of rotatable bonds is 3. The van der Waals surface area contributed by atoms with Crippen molar-refractivity contribution >= 4 is 33.5 Å². The van der Waals surface area contributed by atoms with Gasteiger partial charge in [0, 0.05) is 5.92 Å². The van der Waals surface area contributed by atoms with Gasteiger partial charge in [0.2, 0.25) is 0 Å². The molecule has 4 nitrogen and oxygen atoms in total. The highest BCUT2D eigenvalue weighted by Crippen LogP contribution is 2.42. The van der Waals surface area contributed by atoms with E-state index in [9.17, 15) is 19.8 Å². The highest BCUT2D eigenvalue weighted by molar-refractivity contribution is 6.09. The molecule has 0 amide bonds. The summed E-state index contributed by atoms with van der Waals surface area (Å²) in [6.07, 6.45) is 2.66. The number of hydrogen-bond acceptors (Lipinski definition) is 2. The van der Waals surface area contributed by atoms with E-state index < -0.39 is 11.9 Å². The molecule has 0 aromatic heterocycles. The molecule has 148 valence electrons. The molecule has 1 unspecified atom stereocenters. The first-order valence-corrected chi connectivity index (χ1v) is 10.1. The second-order valence-corrected chi connectivity index (χ2v) is 7.84. The first-order valence-electron chi connectivity index (χ1n) is 10.1. The summed E-state index contributed by atoms with van der Waals surface area (Å²) in [5.41, 5.74) is 2.68. The number of aryl methyl sites for hydroxylation is 1. The van der Waals surface area contributed by atoms with Crippen LogP contribution in [-0.2, 0) is 6.42 Å². The van der Waals surface area contributed by atoms with Crippen molar-refractivity contribution in [3.8, 4) is 0 Å². The quantitative estimate of drug-likeness (QED) is 0.426. The van der Waals surface area contributed by atoms with Crippen molar-refractivity contribution in [3.05, 3.63) is 94.5 Å². The maximum atomic E-state index is 12.0. The number of benzene rings is 4. The lowest BCUT2D eigenvalue weighted by Gasteiger charge is -2.28. The third-order valence-corrected chi connectivity index (χ3v) is 6.29. The van der Waals surface area contributed by atoms with Gasteiger partial charge < -0.3 is 10.2 Å². The molecule has 1 aliphatic carbocycles. The van der Waals surface area contributed by atoms with Crippen molar-refractivity contribution in [1.29, 1.82) is 0 Å². The van der Waals surface area contributed by atoms with Crippen LogP contribution in [0.15, 0.2) is 66.7 Å². The Morgan fingerprint density at radius 1 is 0.733 bits per heavy atom. The summed E-state index contributed by atoms with van der Waals surface area (Å²) in [6.45, 7) is 0. The van der Waals surface area contributed by atoms with Gasteiger partial charge in [-0.15, -0.1) is 0 Å². The summed E-state index contributed by atoms with van der Waals surface area (Å²) in [5, 5.41) is 24.1. The molecule has 0 bridgehead atoms. The molecule has 0 aliphatic heterocycles. The van der Waals surface area contributed by atoms with Crippen LogP contribution in [0.5, 0.6) is 0 Å². The van der Waals surface area contributed by atoms with E-state index in [1.54, 1.807) is 12.1 Å². The third-order valence-electron chi connectivity index (χ3n) is 6.29. The van der Waals surface area contributed by atoms with Crippen LogP contribution in [0.25, 0.3) is 21.5 Å². The molecule has 0 heterocycles. The third kappa shape index (κ3) is 2.76. The van der Waals surface area contributed by atoms with Crippen molar-refractivity contribution in [2.45, 2.75) is 25.2 Å². The molecule has 4 aromatic rings. The molecular formula is C26H20O4. The predicted octanol–water partition coefficient (Wildman–Crippen LogP) is 5.86. The zero-order valence-electron chi connectivity index (χ0n) is 16.3. The number of carbonyl (C=O) groups is 2. The number of fused-ring (bicyclic) bond motifs is 5. The average Bonchev–Trinajstić information content (AvgIpc) is 2.77. The van der Waals surface area contributed by atoms with E-state index in [0.29, 0.717) is 5.56 Å². The molecule has 0 spiro atoms. The Balaban J connectivity index is 1.75. The molecule has 2 N–H and O–H groups in total. The maximum absolute atomic E-state index is 12.0. The minimum atomic E-state index is -1.21. The lowest BCUT2D eigenvalue weighted by atomic mass is 9.75. The zero-order valence-corrected chi connectivity index (χ0v) is 16.3. The summed E-state index contributed by atoms with van der Waals surface area (Å²) >= 11 is 0. The fourth-order valence-electron chi connectivity index (χ4n) is 5.01. The molecule has 1 atom stereocenters. The Morgan fingerprint density at radius 2 is 1.53 bits per heavy atom. The van der Waals surface area contributed by atoms with Crippen molar-refractivity contribution < 1.29 is 19.8 Å². The van der Waals surface area contributed by atoms with E-state index in [2.05, 4.69) is 36.4 Å². The van der Waals surface area contributed by atoms with E-state index in [1.807, 2.05) is 12.1 Å². The van der Waals surface area contributed by atoms with Crippen LogP contribution in [0.1, 0.15) is 56.2 Å². The monoisotopic (exact) mass is 396 g/mol. The van der Waals surface area contributed by atoms with Gasteiger partial charge in [0.15, 0.2) is 0 Å². The number of carboxylic acid groups (broad SMARTS) is 2. The molecule has 5 rings (SSSR count). The smallest absolute Gasteiger partial charge is 0.336 e. The largest absolute Gasteiger partial charge is 0.478 e. The van der Waals surface area contributed by atoms with Crippen molar-refractivity contribution in [1.82, 2.24) is 0 Å². The Bertz CT molecular complexity index is 1340. The normalized spacial score (nSPS) is 15.8. The van der Waals surface area contributed by atoms with Gasteiger partial charge >= 0.3 is 11.9 Å². The van der Waals surface area contributed by atoms with Gasteiger partial charge in [-0.05, 0) is 63.6 Å². The summed E-state index contributed by atoms with van der Waals surface area (Å²) in [7, 11) is 0. The minimum Gasteiger partial charge on any atom is -0.478 e. The van der Waals surface area contributed by atoms with Crippen LogP contribution < -0.4 is 0 Å². The van der Waals surface area contributed by atoms with Crippen molar-refractivity contribution in [3.63, 3.8) is 0 Å². The van der Waals surface area contributed by atoms with Gasteiger partial charge in [-0.3, -0.25) is 0 Å². The van der Waals surface area contributed by atoms with Gasteiger partial charge in [0.25, 0.3) is 0 Å². The summed E-state index contributed by atoms with van der Waals surface area (Å²) < 4.78 is 0. The molecule has 0 fully saturated rings. The molecule has 0 saturated carbocycles. The van der Waals surface area contributed by atoms with Gasteiger partial charge in [0.05, 0.1) is 11.1 Å². The lowest BCUT2D eigenvalue weighted by Crippen LogP contribution is -2.18. The SMILES string of the molecule is O=C(O)c1cccc(C2CCCc3c2ccc2c3ccc3ccccc32)c1C(=O)O. The molecular weight excluding hydrogens is 376 g/mol. The van der Waals surface area contributed by atoms with E-state index >= 15 is 0 Å². The van der Waals surface area contributed by atoms with Crippen LogP contribution in [0, 0.1) is 0 Å². The topological polar surface area (TPSA) is 74.6 Å². The lowest BCUT2D eigenvalue weighted by molar-refractivity contribution is 0.0650. The van der Waals surface area contributed by atoms with E-state index in [4.69, 9.17) is 0 Å². The van der Waals surface area contributed by atoms with Crippen molar-refractivity contribution in [2.24, 2.45) is 0 Å². The zero-order chi connectivity index (χ0) is 20.8. The Hall–Kier alpha value is -3.66. The molecule has 30 heavy (non-hydrogen) atoms. The Kier molecular flexibility index (Phi) is 4.28. The Morgan fingerprint density at radius 3 is 2.33 bits per heavy atom. The highest BCUT2D eigenvalue weighted by Gasteiger charge is 2.29. The van der Waals surface area contributed by atoms with Crippen LogP contribution in [-0.4, -0.2) is 22.2 Å². The first kappa shape index (κ1) is 18.4. The second-order valence-electron chi connectivity index (χ2n) is 7.84. The Labute approximate surface area is 173 Å². The van der Waals surface area contributed by atoms with Gasteiger partial charge in [-0.25, -0.2) is 9.59 Å². The summed E-state index contributed by atoms with van der Waals surface area (Å²) in [6, 6.07) is 21.6. The second kappa shape index (κ2) is 6.99. The summed E-state index contributed by atoms with van der Waals surface area (Å²) in [4.78, 5) is 23.6. The average molecular weight is 396 g/mol. The van der Waals surface area contributed by atoms with E-state index in [-0.39, 0.29) is 17.0 Å². The highest BCUT2D eigenvalue weighted by atomic mass is 16.4. The van der Waals surface area contributed by atoms with Crippen LogP contribution >= 0.6 is 0 Å². The van der Waals surface area contributed by atoms with E-state index in [0.717, 1.165) is 24.8 Å². The molecule has 1 aliphatic rings. The van der Waals surface area contributed by atoms with Crippen LogP contribution in [0.4, 0.5) is 0 Å². The van der Waals surface area contributed by atoms with Crippen molar-refractivity contribution in [2.75, 3.05) is 0 Å². The maximum Gasteiger partial charge on any atom is 0.336 e. The van der Waals surface area contributed by atoms with Gasteiger partial charge in [-0.2, -0.15) is 0 Å². The van der Waals surface area contributed by atoms with Gasteiger partial charge in [-0.1, -0.05) is 60.7 Å². The van der Waals surface area contributed by atoms with Gasteiger partial charge in [0.1, 0.15) is 0 Å². The molecule has 4 aromatic carbocycles. The first-order chi connectivity index (χ1) is 14.6. The molecule has 0 saturated heterocycles. The van der Waals surface area contributed by atoms with Crippen LogP contribution in [0.3, 0.4) is 0 Å². The van der Waals surface area contributed by atoms with Crippen LogP contribution in [0.2, 0.25) is 0 Å². The minimum absolute atomic E-state index is 0.0959. The number of aromatic carboxylic acids is 2. The summed E-state index contributed by atoms with van der Waals surface area (Å²) in [5.74, 6) is -2.54. The number of hydrogen-bond donors (Lipinski definition) is 2. The molecule has 0 radical (unpaired) electrons. The number of carboxylic acids is 2. The molecule has 4 heteroatoms. The fraction of sp³-hybridized carbons (Fsp3) is 0.154.